The number of hydrogen-bond donors (Lipinski definition) is 2. The van der Waals surface area contributed by atoms with Gasteiger partial charge in [0.25, 0.3) is 5.56 Å². The Morgan fingerprint density at radius 3 is 2.37 bits per heavy atom. The summed E-state index contributed by atoms with van der Waals surface area (Å²) in [6, 6.07) is -0.381. The number of anilines is 2. The molecule has 1 aliphatic heterocycles. The van der Waals surface area contributed by atoms with Gasteiger partial charge < -0.3 is 15.5 Å². The number of carbonyl (C=O) groups excluding carboxylic acids is 1. The number of H-pyrrole nitrogens is 1. The molecule has 0 radical (unpaired) electrons. The molecule has 1 saturated heterocycles. The molecular formula is C19H33N5O5S. The molecule has 2 heterocycles. The average molecular weight is 444 g/mol. The van der Waals surface area contributed by atoms with Gasteiger partial charge in [0, 0.05) is 26.2 Å². The Hall–Kier alpha value is -2.30. The van der Waals surface area contributed by atoms with Crippen molar-refractivity contribution in [3.05, 3.63) is 20.8 Å². The van der Waals surface area contributed by atoms with Crippen molar-refractivity contribution in [2.24, 2.45) is 11.8 Å². The number of nitrogens with one attached hydrogen (secondary N) is 1. The van der Waals surface area contributed by atoms with Crippen molar-refractivity contribution in [3.63, 3.8) is 0 Å². The molecule has 1 aliphatic rings. The molecule has 1 aromatic rings. The molecule has 1 unspecified atom stereocenters. The molecule has 1 fully saturated rings. The molecule has 10 nitrogen and oxygen atoms in total. The monoisotopic (exact) mass is 443 g/mol. The first-order chi connectivity index (χ1) is 13.8. The van der Waals surface area contributed by atoms with E-state index in [2.05, 4.69) is 4.98 Å². The smallest absolute Gasteiger partial charge is 0.330 e. The van der Waals surface area contributed by atoms with Crippen molar-refractivity contribution in [1.29, 1.82) is 0 Å². The first kappa shape index (κ1) is 24.0. The normalized spacial score (nSPS) is 18.2. The maximum absolute atomic E-state index is 12.9. The van der Waals surface area contributed by atoms with Gasteiger partial charge in [-0.2, -0.15) is 0 Å². The lowest BCUT2D eigenvalue weighted by Gasteiger charge is -2.31. The van der Waals surface area contributed by atoms with Crippen LogP contribution in [0, 0.1) is 11.8 Å². The van der Waals surface area contributed by atoms with Gasteiger partial charge in [0.1, 0.15) is 11.5 Å². The highest BCUT2D eigenvalue weighted by Gasteiger charge is 2.33. The molecule has 1 amide bonds. The number of sulfone groups is 1. The van der Waals surface area contributed by atoms with Gasteiger partial charge in [0.2, 0.25) is 5.91 Å². The summed E-state index contributed by atoms with van der Waals surface area (Å²) in [4.78, 5) is 43.1. The van der Waals surface area contributed by atoms with Crippen molar-refractivity contribution in [2.45, 2.75) is 46.7 Å². The largest absolute Gasteiger partial charge is 0.383 e. The molecule has 170 valence electrons. The van der Waals surface area contributed by atoms with Crippen LogP contribution >= 0.6 is 0 Å². The zero-order chi connectivity index (χ0) is 22.8. The van der Waals surface area contributed by atoms with E-state index in [4.69, 9.17) is 5.73 Å². The van der Waals surface area contributed by atoms with Crippen LogP contribution in [-0.4, -0.2) is 66.5 Å². The summed E-state index contributed by atoms with van der Waals surface area (Å²) >= 11 is 0. The summed E-state index contributed by atoms with van der Waals surface area (Å²) in [5, 5.41) is 0. The molecule has 3 N–H and O–H groups in total. The summed E-state index contributed by atoms with van der Waals surface area (Å²) in [7, 11) is -1.55. The molecule has 0 saturated carbocycles. The van der Waals surface area contributed by atoms with Gasteiger partial charge in [-0.3, -0.25) is 19.1 Å². The first-order valence-electron chi connectivity index (χ1n) is 10.2. The Bertz CT molecular complexity index is 996. The highest BCUT2D eigenvalue weighted by atomic mass is 32.2. The molecular weight excluding hydrogens is 410 g/mol. The fourth-order valence-corrected chi connectivity index (χ4v) is 5.44. The van der Waals surface area contributed by atoms with Crippen molar-refractivity contribution in [3.8, 4) is 0 Å². The zero-order valence-corrected chi connectivity index (χ0v) is 19.2. The van der Waals surface area contributed by atoms with Gasteiger partial charge in [-0.15, -0.1) is 0 Å². The molecule has 2 rings (SSSR count). The van der Waals surface area contributed by atoms with E-state index in [9.17, 15) is 22.8 Å². The molecule has 0 aromatic carbocycles. The molecule has 0 bridgehead atoms. The van der Waals surface area contributed by atoms with Gasteiger partial charge in [-0.25, -0.2) is 13.2 Å². The molecule has 1 atom stereocenters. The summed E-state index contributed by atoms with van der Waals surface area (Å²) in [5.74, 6) is -0.0343. The predicted octanol–water partition coefficient (Wildman–Crippen LogP) is -0.117. The lowest BCUT2D eigenvalue weighted by molar-refractivity contribution is -0.130. The van der Waals surface area contributed by atoms with Crippen LogP contribution in [0.25, 0.3) is 0 Å². The van der Waals surface area contributed by atoms with E-state index in [1.165, 1.54) is 9.47 Å². The van der Waals surface area contributed by atoms with E-state index in [-0.39, 0.29) is 53.3 Å². The number of amides is 1. The van der Waals surface area contributed by atoms with Gasteiger partial charge in [0.15, 0.2) is 9.84 Å². The van der Waals surface area contributed by atoms with E-state index in [0.29, 0.717) is 19.5 Å². The van der Waals surface area contributed by atoms with Crippen LogP contribution in [0.2, 0.25) is 0 Å². The van der Waals surface area contributed by atoms with Crippen molar-refractivity contribution < 1.29 is 13.2 Å². The summed E-state index contributed by atoms with van der Waals surface area (Å²) in [6.07, 6.45) is 0.400. The fraction of sp³-hybridized carbons (Fsp3) is 0.737. The van der Waals surface area contributed by atoms with E-state index in [1.54, 1.807) is 11.9 Å². The molecule has 11 heteroatoms. The summed E-state index contributed by atoms with van der Waals surface area (Å²) < 4.78 is 24.8. The highest BCUT2D eigenvalue weighted by molar-refractivity contribution is 7.91. The number of hydrogen-bond acceptors (Lipinski definition) is 7. The Morgan fingerprint density at radius 2 is 1.87 bits per heavy atom. The number of nitrogens with two attached hydrogens (primary N) is 1. The molecule has 0 aliphatic carbocycles. The van der Waals surface area contributed by atoms with Crippen LogP contribution in [0.1, 0.15) is 34.1 Å². The van der Waals surface area contributed by atoms with Crippen LogP contribution in [0.15, 0.2) is 9.59 Å². The predicted molar refractivity (Wildman–Crippen MR) is 117 cm³/mol. The van der Waals surface area contributed by atoms with Crippen molar-refractivity contribution in [1.82, 2.24) is 14.5 Å². The van der Waals surface area contributed by atoms with Crippen LogP contribution in [0.5, 0.6) is 0 Å². The second-order valence-electron chi connectivity index (χ2n) is 8.83. The topological polar surface area (TPSA) is 139 Å². The second-order valence-corrected chi connectivity index (χ2v) is 11.1. The van der Waals surface area contributed by atoms with E-state index >= 15 is 0 Å². The lowest BCUT2D eigenvalue weighted by atomic mass is 10.2. The minimum absolute atomic E-state index is 0.0250. The lowest BCUT2D eigenvalue weighted by Crippen LogP contribution is -2.47. The highest BCUT2D eigenvalue weighted by Crippen LogP contribution is 2.21. The van der Waals surface area contributed by atoms with Crippen molar-refractivity contribution in [2.75, 3.05) is 42.3 Å². The molecule has 0 spiro atoms. The van der Waals surface area contributed by atoms with Crippen LogP contribution in [-0.2, 0) is 21.2 Å². The average Bonchev–Trinajstić information content (AvgIpc) is 2.96. The van der Waals surface area contributed by atoms with Gasteiger partial charge in [0.05, 0.1) is 18.1 Å². The number of likely N-dealkylation sites (N-methyl/N-ethyl adjacent to an activating group) is 1. The van der Waals surface area contributed by atoms with Crippen LogP contribution < -0.4 is 21.9 Å². The van der Waals surface area contributed by atoms with E-state index in [1.807, 2.05) is 27.7 Å². The third kappa shape index (κ3) is 5.65. The summed E-state index contributed by atoms with van der Waals surface area (Å²) in [5.41, 5.74) is 5.08. The second kappa shape index (κ2) is 9.23. The number of nitrogens with zero attached hydrogens (tertiary/aromatic N) is 3. The fourth-order valence-electron chi connectivity index (χ4n) is 3.66. The van der Waals surface area contributed by atoms with Crippen LogP contribution in [0.3, 0.4) is 0 Å². The minimum atomic E-state index is -3.13. The Morgan fingerprint density at radius 1 is 1.23 bits per heavy atom. The Labute approximate surface area is 177 Å². The molecule has 30 heavy (non-hydrogen) atoms. The number of aromatic nitrogens is 2. The first-order valence-corrected chi connectivity index (χ1v) is 12.0. The zero-order valence-electron chi connectivity index (χ0n) is 18.3. The molecule has 1 aromatic heterocycles. The Balaban J connectivity index is 2.37. The minimum Gasteiger partial charge on any atom is -0.383 e. The van der Waals surface area contributed by atoms with Gasteiger partial charge in [-0.05, 0) is 18.3 Å². The van der Waals surface area contributed by atoms with E-state index in [0.717, 1.165) is 0 Å². The maximum Gasteiger partial charge on any atom is 0.330 e. The maximum atomic E-state index is 12.9. The van der Waals surface area contributed by atoms with Gasteiger partial charge in [-0.1, -0.05) is 27.7 Å². The number of aromatic amines is 1. The van der Waals surface area contributed by atoms with E-state index < -0.39 is 21.1 Å². The standard InChI is InChI=1S/C19H33N5O5S/c1-12(2)8-23(10-15(25)22(5)14-6-7-30(28,29)11-14)16-17(20)24(9-13(3)4)19(27)21-18(16)26/h12-14H,6-11,20H2,1-5H3,(H,21,26,27). The van der Waals surface area contributed by atoms with Crippen LogP contribution in [0.4, 0.5) is 11.5 Å². The van der Waals surface area contributed by atoms with Crippen molar-refractivity contribution >= 4 is 27.2 Å². The quantitative estimate of drug-likeness (QED) is 0.571. The SMILES string of the molecule is CC(C)CN(CC(=O)N(C)C1CCS(=O)(=O)C1)c1c(N)n(CC(C)C)c(=O)[nH]c1=O. The number of carbonyl (C=O) groups is 1. The summed E-state index contributed by atoms with van der Waals surface area (Å²) in [6.45, 7) is 8.30. The Kier molecular flexibility index (Phi) is 7.38. The third-order valence-electron chi connectivity index (χ3n) is 5.14. The number of nitrogen functional groups attached to an aromatic ring is 1. The number of rotatable bonds is 8. The third-order valence-corrected chi connectivity index (χ3v) is 6.89. The van der Waals surface area contributed by atoms with Gasteiger partial charge >= 0.3 is 5.69 Å².